The second kappa shape index (κ2) is 5.49. The van der Waals surface area contributed by atoms with Gasteiger partial charge in [0.15, 0.2) is 9.84 Å². The zero-order valence-electron chi connectivity index (χ0n) is 10.6. The van der Waals surface area contributed by atoms with Gasteiger partial charge in [-0.3, -0.25) is 4.79 Å². The van der Waals surface area contributed by atoms with Crippen LogP contribution in [-0.4, -0.2) is 47.3 Å². The van der Waals surface area contributed by atoms with Crippen LogP contribution in [0.5, 0.6) is 0 Å². The number of rotatable bonds is 4. The first kappa shape index (κ1) is 14.3. The molecule has 1 aromatic rings. The Balaban J connectivity index is 1.86. The highest BCUT2D eigenvalue weighted by Crippen LogP contribution is 2.22. The molecule has 0 spiro atoms. The van der Waals surface area contributed by atoms with Crippen molar-refractivity contribution in [3.63, 3.8) is 0 Å². The van der Waals surface area contributed by atoms with Gasteiger partial charge in [0.2, 0.25) is 11.8 Å². The molecule has 0 saturated carbocycles. The Bertz CT molecular complexity index is 569. The van der Waals surface area contributed by atoms with E-state index in [0.717, 1.165) is 11.8 Å². The first-order valence-electron chi connectivity index (χ1n) is 5.83. The van der Waals surface area contributed by atoms with Crippen molar-refractivity contribution in [1.29, 1.82) is 0 Å². The Hall–Kier alpha value is -1.09. The third-order valence-corrected chi connectivity index (χ3v) is 5.44. The highest BCUT2D eigenvalue weighted by molar-refractivity contribution is 8.00. The molecule has 2 atom stereocenters. The Morgan fingerprint density at radius 1 is 1.53 bits per heavy atom. The first-order chi connectivity index (χ1) is 8.85. The molecule has 0 bridgehead atoms. The minimum Gasteiger partial charge on any atom is -0.416 e. The lowest BCUT2D eigenvalue weighted by Gasteiger charge is -2.14. The molecular formula is C10H15N3O4S2. The van der Waals surface area contributed by atoms with E-state index in [1.165, 1.54) is 0 Å². The SMILES string of the molecule is Cc1nnc(S[C@@H](C)C(=O)N[C@@H]2CCS(=O)(=O)C2)o1. The Labute approximate surface area is 115 Å². The maximum absolute atomic E-state index is 11.9. The summed E-state index contributed by atoms with van der Waals surface area (Å²) in [6, 6.07) is -0.287. The Morgan fingerprint density at radius 3 is 2.79 bits per heavy atom. The van der Waals surface area contributed by atoms with Crippen LogP contribution in [0.1, 0.15) is 19.2 Å². The van der Waals surface area contributed by atoms with Crippen molar-refractivity contribution >= 4 is 27.5 Å². The van der Waals surface area contributed by atoms with Crippen molar-refractivity contribution in [3.8, 4) is 0 Å². The fourth-order valence-corrected chi connectivity index (χ4v) is 4.17. The zero-order chi connectivity index (χ0) is 14.0. The second-order valence-corrected chi connectivity index (χ2v) is 7.98. The quantitative estimate of drug-likeness (QED) is 0.790. The fourth-order valence-electron chi connectivity index (χ4n) is 1.76. The fraction of sp³-hybridized carbons (Fsp3) is 0.700. The normalized spacial score (nSPS) is 23.2. The minimum absolute atomic E-state index is 0.0236. The lowest BCUT2D eigenvalue weighted by molar-refractivity contribution is -0.120. The smallest absolute Gasteiger partial charge is 0.277 e. The van der Waals surface area contributed by atoms with Crippen molar-refractivity contribution in [3.05, 3.63) is 5.89 Å². The molecular weight excluding hydrogens is 290 g/mol. The highest BCUT2D eigenvalue weighted by Gasteiger charge is 2.30. The summed E-state index contributed by atoms with van der Waals surface area (Å²) < 4.78 is 27.8. The molecule has 2 rings (SSSR count). The van der Waals surface area contributed by atoms with E-state index in [2.05, 4.69) is 15.5 Å². The maximum Gasteiger partial charge on any atom is 0.277 e. The summed E-state index contributed by atoms with van der Waals surface area (Å²) in [6.45, 7) is 3.38. The largest absolute Gasteiger partial charge is 0.416 e. The summed E-state index contributed by atoms with van der Waals surface area (Å²) in [6.07, 6.45) is 0.477. The van der Waals surface area contributed by atoms with E-state index in [1.54, 1.807) is 13.8 Å². The molecule has 1 N–H and O–H groups in total. The van der Waals surface area contributed by atoms with Crippen LogP contribution < -0.4 is 5.32 Å². The van der Waals surface area contributed by atoms with Crippen LogP contribution >= 0.6 is 11.8 Å². The Morgan fingerprint density at radius 2 is 2.26 bits per heavy atom. The number of carbonyl (C=O) groups is 1. The van der Waals surface area contributed by atoms with Gasteiger partial charge < -0.3 is 9.73 Å². The molecule has 1 fully saturated rings. The predicted molar refractivity (Wildman–Crippen MR) is 69.6 cm³/mol. The number of hydrogen-bond donors (Lipinski definition) is 1. The monoisotopic (exact) mass is 305 g/mol. The highest BCUT2D eigenvalue weighted by atomic mass is 32.2. The molecule has 19 heavy (non-hydrogen) atoms. The average molecular weight is 305 g/mol. The van der Waals surface area contributed by atoms with E-state index >= 15 is 0 Å². The summed E-state index contributed by atoms with van der Waals surface area (Å²) in [5, 5.41) is 10.1. The molecule has 0 aliphatic carbocycles. The number of amides is 1. The molecule has 0 radical (unpaired) electrons. The molecule has 1 aliphatic heterocycles. The van der Waals surface area contributed by atoms with E-state index in [0.29, 0.717) is 17.5 Å². The number of thioether (sulfide) groups is 1. The molecule has 1 amide bonds. The van der Waals surface area contributed by atoms with Crippen LogP contribution in [0.15, 0.2) is 9.64 Å². The van der Waals surface area contributed by atoms with E-state index < -0.39 is 15.1 Å². The number of nitrogens with one attached hydrogen (secondary N) is 1. The van der Waals surface area contributed by atoms with Gasteiger partial charge in [-0.05, 0) is 13.3 Å². The predicted octanol–water partition coefficient (Wildman–Crippen LogP) is 0.162. The lowest BCUT2D eigenvalue weighted by Crippen LogP contribution is -2.39. The number of aromatic nitrogens is 2. The van der Waals surface area contributed by atoms with Gasteiger partial charge >= 0.3 is 0 Å². The molecule has 1 saturated heterocycles. The molecule has 7 nitrogen and oxygen atoms in total. The first-order valence-corrected chi connectivity index (χ1v) is 8.53. The van der Waals surface area contributed by atoms with Gasteiger partial charge in [-0.2, -0.15) is 0 Å². The minimum atomic E-state index is -2.98. The number of hydrogen-bond acceptors (Lipinski definition) is 7. The molecule has 1 aliphatic rings. The standard InChI is InChI=1S/C10H15N3O4S2/c1-6(18-10-13-12-7(2)17-10)9(14)11-8-3-4-19(15,16)5-8/h6,8H,3-5H2,1-2H3,(H,11,14)/t6-,8+/m0/s1. The third kappa shape index (κ3) is 3.93. The van der Waals surface area contributed by atoms with Gasteiger partial charge in [0.05, 0.1) is 16.8 Å². The van der Waals surface area contributed by atoms with E-state index in [9.17, 15) is 13.2 Å². The van der Waals surface area contributed by atoms with Crippen LogP contribution in [-0.2, 0) is 14.6 Å². The van der Waals surface area contributed by atoms with Gasteiger partial charge in [-0.25, -0.2) is 8.42 Å². The van der Waals surface area contributed by atoms with E-state index in [1.807, 2.05) is 0 Å². The summed E-state index contributed by atoms with van der Waals surface area (Å²) in [5.41, 5.74) is 0. The van der Waals surface area contributed by atoms with Crippen LogP contribution in [0.3, 0.4) is 0 Å². The molecule has 0 unspecified atom stereocenters. The van der Waals surface area contributed by atoms with E-state index in [-0.39, 0.29) is 23.5 Å². The maximum atomic E-state index is 11.9. The van der Waals surface area contributed by atoms with Crippen LogP contribution in [0.4, 0.5) is 0 Å². The van der Waals surface area contributed by atoms with E-state index in [4.69, 9.17) is 4.42 Å². The number of nitrogens with zero attached hydrogens (tertiary/aromatic N) is 2. The summed E-state index contributed by atoms with van der Waals surface area (Å²) in [7, 11) is -2.98. The van der Waals surface area contributed by atoms with Gasteiger partial charge in [-0.1, -0.05) is 11.8 Å². The van der Waals surface area contributed by atoms with Crippen LogP contribution in [0.2, 0.25) is 0 Å². The third-order valence-electron chi connectivity index (χ3n) is 2.73. The van der Waals surface area contributed by atoms with Crippen molar-refractivity contribution in [2.45, 2.75) is 36.8 Å². The van der Waals surface area contributed by atoms with Crippen molar-refractivity contribution in [2.24, 2.45) is 0 Å². The topological polar surface area (TPSA) is 102 Å². The van der Waals surface area contributed by atoms with Gasteiger partial charge in [-0.15, -0.1) is 10.2 Å². The van der Waals surface area contributed by atoms with Crippen molar-refractivity contribution < 1.29 is 17.6 Å². The molecule has 106 valence electrons. The molecule has 0 aromatic carbocycles. The van der Waals surface area contributed by atoms with Gasteiger partial charge in [0, 0.05) is 13.0 Å². The summed E-state index contributed by atoms with van der Waals surface area (Å²) >= 11 is 1.15. The Kier molecular flexibility index (Phi) is 4.14. The van der Waals surface area contributed by atoms with Crippen LogP contribution in [0.25, 0.3) is 0 Å². The van der Waals surface area contributed by atoms with Gasteiger partial charge in [0.1, 0.15) is 0 Å². The van der Waals surface area contributed by atoms with Crippen LogP contribution in [0, 0.1) is 6.92 Å². The number of sulfone groups is 1. The lowest BCUT2D eigenvalue weighted by atomic mass is 10.2. The molecule has 2 heterocycles. The van der Waals surface area contributed by atoms with Crippen molar-refractivity contribution in [1.82, 2.24) is 15.5 Å². The zero-order valence-corrected chi connectivity index (χ0v) is 12.3. The number of aryl methyl sites for hydroxylation is 1. The average Bonchev–Trinajstić information content (AvgIpc) is 2.85. The second-order valence-electron chi connectivity index (χ2n) is 4.46. The molecule has 9 heteroatoms. The van der Waals surface area contributed by atoms with Gasteiger partial charge in [0.25, 0.3) is 5.22 Å². The summed E-state index contributed by atoms with van der Waals surface area (Å²) in [5.74, 6) is 0.387. The number of carbonyl (C=O) groups excluding carboxylic acids is 1. The molecule has 1 aromatic heterocycles. The van der Waals surface area contributed by atoms with Crippen molar-refractivity contribution in [2.75, 3.05) is 11.5 Å². The summed E-state index contributed by atoms with van der Waals surface area (Å²) in [4.78, 5) is 11.9.